The van der Waals surface area contributed by atoms with Gasteiger partial charge in [0.25, 0.3) is 11.6 Å². The summed E-state index contributed by atoms with van der Waals surface area (Å²) in [7, 11) is 2.47. The molecule has 206 valence electrons. The fraction of sp³-hybridized carbons (Fsp3) is 0.214. The molecule has 0 aromatic heterocycles. The van der Waals surface area contributed by atoms with Crippen LogP contribution in [0.25, 0.3) is 11.6 Å². The molecule has 2 aliphatic rings. The lowest BCUT2D eigenvalue weighted by Crippen LogP contribution is -2.55. The second kappa shape index (κ2) is 11.4. The van der Waals surface area contributed by atoms with Gasteiger partial charge in [0.1, 0.15) is 9.81 Å². The monoisotopic (exact) mass is 596 g/mol. The Kier molecular flexibility index (Phi) is 8.33. The highest BCUT2D eigenvalue weighted by atomic mass is 32.2. The molecule has 12 heteroatoms. The normalized spacial score (nSPS) is 16.3. The van der Waals surface area contributed by atoms with Gasteiger partial charge in [0.2, 0.25) is 0 Å². The Bertz CT molecular complexity index is 1530. The number of amides is 1. The molecule has 40 heavy (non-hydrogen) atoms. The number of thiocarbonyl (C=S) groups is 1. The Morgan fingerprint density at radius 2 is 1.57 bits per heavy atom. The Labute approximate surface area is 244 Å². The summed E-state index contributed by atoms with van der Waals surface area (Å²) < 4.78 is 10.4. The number of anilines is 1. The molecule has 0 unspecified atom stereocenters. The van der Waals surface area contributed by atoms with Gasteiger partial charge >= 0.3 is 11.9 Å². The van der Waals surface area contributed by atoms with Crippen molar-refractivity contribution in [2.75, 3.05) is 19.1 Å². The number of benzene rings is 2. The average Bonchev–Trinajstić information content (AvgIpc) is 3.37. The summed E-state index contributed by atoms with van der Waals surface area (Å²) >= 11 is 8.16. The van der Waals surface area contributed by atoms with Crippen molar-refractivity contribution in [3.8, 4) is 0 Å². The van der Waals surface area contributed by atoms with Crippen molar-refractivity contribution in [2.45, 2.75) is 26.3 Å². The van der Waals surface area contributed by atoms with Gasteiger partial charge in [0, 0.05) is 29.3 Å². The second-order valence-electron chi connectivity index (χ2n) is 9.22. The lowest BCUT2D eigenvalue weighted by molar-refractivity contribution is -0.384. The first-order chi connectivity index (χ1) is 18.9. The van der Waals surface area contributed by atoms with Crippen LogP contribution in [-0.4, -0.2) is 47.4 Å². The molecule has 0 bridgehead atoms. The fourth-order valence-electron chi connectivity index (χ4n) is 4.36. The van der Waals surface area contributed by atoms with Gasteiger partial charge in [-0.15, -0.1) is 0 Å². The minimum absolute atomic E-state index is 0.0426. The number of esters is 2. The van der Waals surface area contributed by atoms with E-state index in [1.165, 1.54) is 32.4 Å². The van der Waals surface area contributed by atoms with Crippen molar-refractivity contribution < 1.29 is 28.8 Å². The van der Waals surface area contributed by atoms with Gasteiger partial charge < -0.3 is 9.47 Å². The Morgan fingerprint density at radius 3 is 2.10 bits per heavy atom. The Hall–Kier alpha value is -3.74. The fourth-order valence-corrected chi connectivity index (χ4v) is 7.39. The summed E-state index contributed by atoms with van der Waals surface area (Å²) in [5.74, 6) is -1.65. The quantitative estimate of drug-likeness (QED) is 0.137. The predicted octanol–water partition coefficient (Wildman–Crippen LogP) is 5.82. The van der Waals surface area contributed by atoms with Crippen LogP contribution in [0.15, 0.2) is 62.6 Å². The van der Waals surface area contributed by atoms with Crippen molar-refractivity contribution in [1.29, 1.82) is 0 Å². The molecule has 1 amide bonds. The van der Waals surface area contributed by atoms with E-state index in [-0.39, 0.29) is 21.4 Å². The summed E-state index contributed by atoms with van der Waals surface area (Å²) in [6.07, 6.45) is 3.00. The summed E-state index contributed by atoms with van der Waals surface area (Å²) in [4.78, 5) is 51.5. The lowest BCUT2D eigenvalue weighted by Gasteiger charge is -2.45. The number of fused-ring (bicyclic) bond motifs is 1. The maximum absolute atomic E-state index is 13.7. The average molecular weight is 597 g/mol. The molecule has 0 saturated carbocycles. The first-order valence-corrected chi connectivity index (χ1v) is 13.9. The van der Waals surface area contributed by atoms with Crippen LogP contribution in [0.2, 0.25) is 0 Å². The van der Waals surface area contributed by atoms with E-state index in [9.17, 15) is 24.5 Å². The standard InChI is InChI=1S/C28H24N2O7S3/c1-15-7-6-8-18-20(27-39-22(25(32)36-4)23(40-27)26(33)37-5)24(38)28(2,3)29(21(15)18)19(31)14-11-16-9-12-17(13-10-16)30(34)35/h6-14H,1-5H3/b14-11+. The van der Waals surface area contributed by atoms with Crippen LogP contribution in [-0.2, 0) is 23.9 Å². The number of carbonyl (C=O) groups is 3. The van der Waals surface area contributed by atoms with Crippen molar-refractivity contribution in [2.24, 2.45) is 0 Å². The van der Waals surface area contributed by atoms with Gasteiger partial charge in [-0.3, -0.25) is 19.8 Å². The molecule has 0 fully saturated rings. The lowest BCUT2D eigenvalue weighted by atomic mass is 9.82. The summed E-state index contributed by atoms with van der Waals surface area (Å²) in [5.41, 5.74) is 2.41. The highest BCUT2D eigenvalue weighted by molar-refractivity contribution is 8.29. The van der Waals surface area contributed by atoms with Crippen LogP contribution >= 0.6 is 35.7 Å². The highest BCUT2D eigenvalue weighted by Crippen LogP contribution is 2.56. The maximum atomic E-state index is 13.7. The number of carbonyl (C=O) groups excluding carboxylic acids is 3. The summed E-state index contributed by atoms with van der Waals surface area (Å²) in [6.45, 7) is 5.56. The number of hydrogen-bond donors (Lipinski definition) is 0. The molecular weight excluding hydrogens is 573 g/mol. The first kappa shape index (κ1) is 29.2. The Balaban J connectivity index is 1.80. The number of para-hydroxylation sites is 1. The predicted molar refractivity (Wildman–Crippen MR) is 161 cm³/mol. The summed E-state index contributed by atoms with van der Waals surface area (Å²) in [5, 5.41) is 11.0. The van der Waals surface area contributed by atoms with Crippen molar-refractivity contribution in [3.05, 3.63) is 89.4 Å². The van der Waals surface area contributed by atoms with E-state index in [1.54, 1.807) is 23.1 Å². The van der Waals surface area contributed by atoms with Crippen LogP contribution < -0.4 is 4.90 Å². The van der Waals surface area contributed by atoms with Crippen molar-refractivity contribution >= 4 is 81.5 Å². The molecule has 2 aromatic rings. The number of thioether (sulfide) groups is 2. The zero-order valence-electron chi connectivity index (χ0n) is 22.2. The van der Waals surface area contributed by atoms with Crippen LogP contribution in [0.3, 0.4) is 0 Å². The zero-order chi connectivity index (χ0) is 29.4. The molecule has 2 aliphatic heterocycles. The number of hydrogen-bond acceptors (Lipinski definition) is 10. The molecule has 0 N–H and O–H groups in total. The van der Waals surface area contributed by atoms with Crippen LogP contribution in [0.1, 0.15) is 30.5 Å². The molecule has 0 saturated heterocycles. The number of non-ortho nitro benzene ring substituents is 1. The van der Waals surface area contributed by atoms with Crippen molar-refractivity contribution in [1.82, 2.24) is 0 Å². The third kappa shape index (κ3) is 5.21. The molecular formula is C28H24N2O7S3. The molecule has 0 radical (unpaired) electrons. The number of nitro groups is 1. The SMILES string of the molecule is COC(=O)C1=C(C(=O)OC)SC(=C2C(=S)C(C)(C)N(C(=O)/C=C/c3ccc([N+](=O)[O-])cc3)c3c(C)cccc32)S1. The van der Waals surface area contributed by atoms with E-state index in [0.29, 0.717) is 31.5 Å². The van der Waals surface area contributed by atoms with Gasteiger partial charge in [0.15, 0.2) is 0 Å². The Morgan fingerprint density at radius 1 is 1.00 bits per heavy atom. The van der Waals surface area contributed by atoms with Gasteiger partial charge in [0.05, 0.1) is 39.5 Å². The van der Waals surface area contributed by atoms with E-state index in [0.717, 1.165) is 29.1 Å². The van der Waals surface area contributed by atoms with E-state index in [2.05, 4.69) is 0 Å². The van der Waals surface area contributed by atoms with Crippen LogP contribution in [0.5, 0.6) is 0 Å². The van der Waals surface area contributed by atoms with Gasteiger partial charge in [-0.25, -0.2) is 9.59 Å². The largest absolute Gasteiger partial charge is 0.465 e. The van der Waals surface area contributed by atoms with E-state index in [1.807, 2.05) is 39.0 Å². The number of aryl methyl sites for hydroxylation is 1. The number of rotatable bonds is 5. The minimum atomic E-state index is -0.978. The van der Waals surface area contributed by atoms with Crippen molar-refractivity contribution in [3.63, 3.8) is 0 Å². The van der Waals surface area contributed by atoms with Gasteiger partial charge in [-0.05, 0) is 50.1 Å². The summed E-state index contributed by atoms with van der Waals surface area (Å²) in [6, 6.07) is 11.5. The number of nitrogens with zero attached hydrogens (tertiary/aromatic N) is 2. The van der Waals surface area contributed by atoms with E-state index >= 15 is 0 Å². The molecule has 2 aromatic carbocycles. The number of nitro benzene ring substituents is 1. The smallest absolute Gasteiger partial charge is 0.346 e. The molecule has 2 heterocycles. The van der Waals surface area contributed by atoms with E-state index < -0.39 is 22.4 Å². The minimum Gasteiger partial charge on any atom is -0.465 e. The van der Waals surface area contributed by atoms with Gasteiger partial charge in [-0.1, -0.05) is 53.9 Å². The molecule has 0 spiro atoms. The molecule has 0 aliphatic carbocycles. The third-order valence-electron chi connectivity index (χ3n) is 6.36. The zero-order valence-corrected chi connectivity index (χ0v) is 24.6. The number of methoxy groups -OCH3 is 2. The molecule has 9 nitrogen and oxygen atoms in total. The van der Waals surface area contributed by atoms with E-state index in [4.69, 9.17) is 21.7 Å². The van der Waals surface area contributed by atoms with Crippen LogP contribution in [0, 0.1) is 17.0 Å². The first-order valence-electron chi connectivity index (χ1n) is 11.8. The molecule has 4 rings (SSSR count). The topological polar surface area (TPSA) is 116 Å². The maximum Gasteiger partial charge on any atom is 0.346 e. The highest BCUT2D eigenvalue weighted by Gasteiger charge is 2.46. The number of ether oxygens (including phenoxy) is 2. The van der Waals surface area contributed by atoms with Crippen LogP contribution in [0.4, 0.5) is 11.4 Å². The third-order valence-corrected chi connectivity index (χ3v) is 9.62. The molecule has 0 atom stereocenters. The van der Waals surface area contributed by atoms with Gasteiger partial charge in [-0.2, -0.15) is 0 Å². The second-order valence-corrected chi connectivity index (χ2v) is 11.9.